The van der Waals surface area contributed by atoms with E-state index in [0.29, 0.717) is 17.0 Å². The molecule has 2 atom stereocenters. The molecule has 0 aromatic heterocycles. The summed E-state index contributed by atoms with van der Waals surface area (Å²) in [5.74, 6) is -1.64. The van der Waals surface area contributed by atoms with Gasteiger partial charge in [-0.15, -0.1) is 23.2 Å². The van der Waals surface area contributed by atoms with Crippen LogP contribution in [0.15, 0.2) is 24.3 Å². The van der Waals surface area contributed by atoms with Crippen LogP contribution in [0.25, 0.3) is 0 Å². The summed E-state index contributed by atoms with van der Waals surface area (Å²) in [6.45, 7) is 1.52. The Morgan fingerprint density at radius 3 is 2.50 bits per heavy atom. The molecule has 1 aliphatic rings. The highest BCUT2D eigenvalue weighted by Crippen LogP contribution is 2.53. The van der Waals surface area contributed by atoms with Gasteiger partial charge in [-0.3, -0.25) is 9.59 Å². The molecular formula is C13H13Cl3N2O2. The number of carbonyl (C=O) groups excluding carboxylic acids is 2. The van der Waals surface area contributed by atoms with Crippen LogP contribution in [0.1, 0.15) is 18.9 Å². The van der Waals surface area contributed by atoms with Crippen LogP contribution in [0.5, 0.6) is 0 Å². The molecule has 0 bridgehead atoms. The standard InChI is InChI=1S/C13H13Cl3N2O2/c1-12(11(17)20,7-3-2-4-8(14)5-7)18-10(19)9-6-13(9,15)16/h2-5,9H,6H2,1H3,(H2,17,20)(H,18,19)/t9-,12+/m1/s1. The fourth-order valence-electron chi connectivity index (χ4n) is 1.91. The first kappa shape index (κ1) is 15.4. The molecule has 1 saturated carbocycles. The molecule has 4 nitrogen and oxygen atoms in total. The number of nitrogens with two attached hydrogens (primary N) is 1. The number of benzene rings is 1. The Bertz CT molecular complexity index is 576. The summed E-state index contributed by atoms with van der Waals surface area (Å²) < 4.78 is -1.06. The van der Waals surface area contributed by atoms with Crippen molar-refractivity contribution in [2.75, 3.05) is 0 Å². The molecule has 0 radical (unpaired) electrons. The van der Waals surface area contributed by atoms with E-state index in [1.807, 2.05) is 0 Å². The molecule has 7 heteroatoms. The highest BCUT2D eigenvalue weighted by atomic mass is 35.5. The number of hydrogen-bond acceptors (Lipinski definition) is 2. The van der Waals surface area contributed by atoms with Gasteiger partial charge in [0.25, 0.3) is 0 Å². The SMILES string of the molecule is C[C@@](NC(=O)[C@H]1CC1(Cl)Cl)(C(N)=O)c1cccc(Cl)c1. The first-order valence-corrected chi connectivity index (χ1v) is 7.06. The molecule has 1 fully saturated rings. The van der Waals surface area contributed by atoms with Crippen molar-refractivity contribution in [3.8, 4) is 0 Å². The van der Waals surface area contributed by atoms with Crippen molar-refractivity contribution in [3.05, 3.63) is 34.9 Å². The monoisotopic (exact) mass is 334 g/mol. The van der Waals surface area contributed by atoms with E-state index < -0.39 is 27.6 Å². The van der Waals surface area contributed by atoms with E-state index in [-0.39, 0.29) is 0 Å². The highest BCUT2D eigenvalue weighted by molar-refractivity contribution is 6.52. The van der Waals surface area contributed by atoms with Gasteiger partial charge in [-0.25, -0.2) is 0 Å². The highest BCUT2D eigenvalue weighted by Gasteiger charge is 2.57. The van der Waals surface area contributed by atoms with Gasteiger partial charge in [0.1, 0.15) is 9.87 Å². The van der Waals surface area contributed by atoms with Gasteiger partial charge in [0, 0.05) is 5.02 Å². The normalized spacial score (nSPS) is 22.7. The van der Waals surface area contributed by atoms with E-state index in [0.717, 1.165) is 0 Å². The van der Waals surface area contributed by atoms with Gasteiger partial charge in [-0.05, 0) is 31.0 Å². The number of amides is 2. The van der Waals surface area contributed by atoms with Gasteiger partial charge in [0.05, 0.1) is 5.92 Å². The molecule has 1 aromatic rings. The lowest BCUT2D eigenvalue weighted by atomic mass is 9.91. The molecular weight excluding hydrogens is 323 g/mol. The molecule has 0 unspecified atom stereocenters. The van der Waals surface area contributed by atoms with Crippen LogP contribution in [0, 0.1) is 5.92 Å². The lowest BCUT2D eigenvalue weighted by molar-refractivity contribution is -0.132. The summed E-state index contributed by atoms with van der Waals surface area (Å²) in [5, 5.41) is 3.06. The zero-order chi connectivity index (χ0) is 15.1. The smallest absolute Gasteiger partial charge is 0.247 e. The fourth-order valence-corrected chi connectivity index (χ4v) is 2.60. The van der Waals surface area contributed by atoms with E-state index in [2.05, 4.69) is 5.32 Å². The quantitative estimate of drug-likeness (QED) is 0.829. The second-order valence-corrected chi connectivity index (χ2v) is 6.99. The van der Waals surface area contributed by atoms with Crippen LogP contribution in [0.2, 0.25) is 5.02 Å². The van der Waals surface area contributed by atoms with Gasteiger partial charge in [-0.2, -0.15) is 0 Å². The fraction of sp³-hybridized carbons (Fsp3) is 0.385. The van der Waals surface area contributed by atoms with E-state index in [4.69, 9.17) is 40.5 Å². The molecule has 108 valence electrons. The molecule has 3 N–H and O–H groups in total. The predicted octanol–water partition coefficient (Wildman–Crippen LogP) is 2.35. The molecule has 0 saturated heterocycles. The van der Waals surface area contributed by atoms with Crippen LogP contribution in [0.4, 0.5) is 0 Å². The first-order chi connectivity index (χ1) is 9.17. The number of carbonyl (C=O) groups is 2. The summed E-state index contributed by atoms with van der Waals surface area (Å²) in [5.41, 5.74) is 4.56. The minimum atomic E-state index is -1.37. The first-order valence-electron chi connectivity index (χ1n) is 5.92. The number of primary amides is 1. The van der Waals surface area contributed by atoms with Crippen molar-refractivity contribution < 1.29 is 9.59 Å². The number of rotatable bonds is 4. The van der Waals surface area contributed by atoms with Crippen LogP contribution in [-0.4, -0.2) is 16.1 Å². The third-order valence-corrected chi connectivity index (χ3v) is 4.48. The van der Waals surface area contributed by atoms with Gasteiger partial charge in [0.2, 0.25) is 11.8 Å². The van der Waals surface area contributed by atoms with Crippen LogP contribution >= 0.6 is 34.8 Å². The van der Waals surface area contributed by atoms with Crippen LogP contribution in [0.3, 0.4) is 0 Å². The Morgan fingerprint density at radius 1 is 1.45 bits per heavy atom. The molecule has 20 heavy (non-hydrogen) atoms. The molecule has 2 rings (SSSR count). The summed E-state index contributed by atoms with van der Waals surface area (Å²) in [6, 6.07) is 6.58. The van der Waals surface area contributed by atoms with Crippen molar-refractivity contribution >= 4 is 46.6 Å². The van der Waals surface area contributed by atoms with Crippen molar-refractivity contribution in [1.29, 1.82) is 0 Å². The van der Waals surface area contributed by atoms with Gasteiger partial charge < -0.3 is 11.1 Å². The number of halogens is 3. The summed E-state index contributed by atoms with van der Waals surface area (Å²) in [7, 11) is 0. The van der Waals surface area contributed by atoms with Crippen molar-refractivity contribution in [2.45, 2.75) is 23.2 Å². The molecule has 1 aliphatic carbocycles. The van der Waals surface area contributed by atoms with Gasteiger partial charge >= 0.3 is 0 Å². The van der Waals surface area contributed by atoms with Crippen LogP contribution in [-0.2, 0) is 15.1 Å². The van der Waals surface area contributed by atoms with Crippen molar-refractivity contribution in [1.82, 2.24) is 5.32 Å². The number of alkyl halides is 2. The lowest BCUT2D eigenvalue weighted by Gasteiger charge is -2.28. The summed E-state index contributed by atoms with van der Waals surface area (Å²) >= 11 is 17.6. The minimum absolute atomic E-state index is 0.354. The second-order valence-electron chi connectivity index (χ2n) is 5.01. The average Bonchev–Trinajstić information content (AvgIpc) is 2.98. The molecule has 0 spiro atoms. The van der Waals surface area contributed by atoms with Gasteiger partial charge in [0.15, 0.2) is 0 Å². The molecule has 1 aromatic carbocycles. The van der Waals surface area contributed by atoms with Gasteiger partial charge in [-0.1, -0.05) is 23.7 Å². The Balaban J connectivity index is 2.27. The van der Waals surface area contributed by atoms with Crippen molar-refractivity contribution in [3.63, 3.8) is 0 Å². The maximum Gasteiger partial charge on any atom is 0.247 e. The minimum Gasteiger partial charge on any atom is -0.367 e. The summed E-state index contributed by atoms with van der Waals surface area (Å²) in [4.78, 5) is 23.8. The Hall–Kier alpha value is -0.970. The van der Waals surface area contributed by atoms with E-state index >= 15 is 0 Å². The maximum absolute atomic E-state index is 12.1. The average molecular weight is 336 g/mol. The van der Waals surface area contributed by atoms with E-state index in [1.165, 1.54) is 6.92 Å². The van der Waals surface area contributed by atoms with Crippen LogP contribution < -0.4 is 11.1 Å². The zero-order valence-corrected chi connectivity index (χ0v) is 12.9. The van der Waals surface area contributed by atoms with Crippen molar-refractivity contribution in [2.24, 2.45) is 11.7 Å². The predicted molar refractivity (Wildman–Crippen MR) is 78.7 cm³/mol. The molecule has 0 aliphatic heterocycles. The Labute approximate surface area is 131 Å². The molecule has 2 amide bonds. The second kappa shape index (κ2) is 5.10. The maximum atomic E-state index is 12.1. The largest absolute Gasteiger partial charge is 0.367 e. The third-order valence-electron chi connectivity index (χ3n) is 3.41. The Kier molecular flexibility index (Phi) is 3.93. The topological polar surface area (TPSA) is 72.2 Å². The van der Waals surface area contributed by atoms with E-state index in [9.17, 15) is 9.59 Å². The lowest BCUT2D eigenvalue weighted by Crippen LogP contribution is -2.53. The number of hydrogen-bond donors (Lipinski definition) is 2. The summed E-state index contributed by atoms with van der Waals surface area (Å²) in [6.07, 6.45) is 0.354. The zero-order valence-electron chi connectivity index (χ0n) is 10.6. The number of nitrogens with one attached hydrogen (secondary N) is 1. The Morgan fingerprint density at radius 2 is 2.05 bits per heavy atom. The van der Waals surface area contributed by atoms with E-state index in [1.54, 1.807) is 24.3 Å². The molecule has 0 heterocycles. The third kappa shape index (κ3) is 2.87.